The van der Waals surface area contributed by atoms with Crippen LogP contribution in [0.5, 0.6) is 5.75 Å². The van der Waals surface area contributed by atoms with E-state index in [1.54, 1.807) is 0 Å². The summed E-state index contributed by atoms with van der Waals surface area (Å²) in [5.41, 5.74) is 2.93. The fraction of sp³-hybridized carbons (Fsp3) is 0.250. The molecule has 0 aliphatic carbocycles. The summed E-state index contributed by atoms with van der Waals surface area (Å²) in [6.45, 7) is 0. The fourth-order valence-corrected chi connectivity index (χ4v) is 1.77. The molecule has 0 heterocycles. The van der Waals surface area contributed by atoms with E-state index in [0.29, 0.717) is 12.1 Å². The average molecular weight is 324 g/mol. The maximum absolute atomic E-state index is 12.4. The first kappa shape index (κ1) is 13.9. The number of alkyl halides is 6. The zero-order valence-corrected chi connectivity index (χ0v) is 9.37. The lowest BCUT2D eigenvalue weighted by Crippen LogP contribution is -2.18. The van der Waals surface area contributed by atoms with Crippen molar-refractivity contribution in [1.82, 2.24) is 0 Å². The lowest BCUT2D eigenvalue weighted by atomic mass is 10.1. The van der Waals surface area contributed by atoms with E-state index >= 15 is 0 Å². The minimum Gasteiger partial charge on any atom is -0.406 e. The smallest absolute Gasteiger partial charge is 0.406 e. The Kier molecular flexibility index (Phi) is 3.51. The van der Waals surface area contributed by atoms with Crippen molar-refractivity contribution in [3.63, 3.8) is 0 Å². The first-order valence-electron chi connectivity index (χ1n) is 3.92. The second-order valence-corrected chi connectivity index (χ2v) is 3.77. The average Bonchev–Trinajstić information content (AvgIpc) is 1.94. The summed E-state index contributed by atoms with van der Waals surface area (Å²) in [4.78, 5) is 0. The van der Waals surface area contributed by atoms with E-state index < -0.39 is 34.0 Å². The molecule has 0 radical (unpaired) electrons. The SMILES string of the molecule is Nc1cc(OC(F)(F)F)cc(Br)c1C(F)(F)F. The van der Waals surface area contributed by atoms with E-state index in [-0.39, 0.29) is 0 Å². The maximum atomic E-state index is 12.4. The molecule has 2 nitrogen and oxygen atoms in total. The Morgan fingerprint density at radius 1 is 1.06 bits per heavy atom. The zero-order valence-electron chi connectivity index (χ0n) is 7.79. The summed E-state index contributed by atoms with van der Waals surface area (Å²) in [5, 5.41) is 0. The molecule has 0 aliphatic heterocycles. The third-order valence-electron chi connectivity index (χ3n) is 1.61. The standard InChI is InChI=1S/C8H4BrF6NO/c9-4-1-3(17-8(13,14)15)2-5(16)6(4)7(10,11)12/h1-2H,16H2. The van der Waals surface area contributed by atoms with Gasteiger partial charge < -0.3 is 10.5 Å². The molecule has 0 saturated carbocycles. The number of rotatable bonds is 1. The molecule has 0 saturated heterocycles. The molecule has 9 heteroatoms. The Hall–Kier alpha value is -1.12. The van der Waals surface area contributed by atoms with Gasteiger partial charge in [-0.2, -0.15) is 13.2 Å². The fourth-order valence-electron chi connectivity index (χ4n) is 1.09. The van der Waals surface area contributed by atoms with E-state index in [1.807, 2.05) is 0 Å². The van der Waals surface area contributed by atoms with Crippen LogP contribution in [-0.2, 0) is 6.18 Å². The summed E-state index contributed by atoms with van der Waals surface area (Å²) in [6.07, 6.45) is -9.76. The molecule has 0 fully saturated rings. The molecule has 1 aromatic carbocycles. The van der Waals surface area contributed by atoms with Gasteiger partial charge in [0.15, 0.2) is 0 Å². The van der Waals surface area contributed by atoms with Crippen LogP contribution in [-0.4, -0.2) is 6.36 Å². The van der Waals surface area contributed by atoms with Crippen LogP contribution in [0.15, 0.2) is 16.6 Å². The molecular weight excluding hydrogens is 320 g/mol. The lowest BCUT2D eigenvalue weighted by molar-refractivity contribution is -0.274. The summed E-state index contributed by atoms with van der Waals surface area (Å²) in [5.74, 6) is -0.824. The summed E-state index contributed by atoms with van der Waals surface area (Å²) >= 11 is 2.49. The molecule has 1 rings (SSSR count). The summed E-state index contributed by atoms with van der Waals surface area (Å²) < 4.78 is 75.6. The number of hydrogen-bond donors (Lipinski definition) is 1. The number of halogens is 7. The number of ether oxygens (including phenoxy) is 1. The van der Waals surface area contributed by atoms with Gasteiger partial charge in [0.25, 0.3) is 0 Å². The largest absolute Gasteiger partial charge is 0.573 e. The number of benzene rings is 1. The molecule has 0 unspecified atom stereocenters. The van der Waals surface area contributed by atoms with Gasteiger partial charge in [0, 0.05) is 16.2 Å². The highest BCUT2D eigenvalue weighted by Gasteiger charge is 2.37. The van der Waals surface area contributed by atoms with Crippen molar-refractivity contribution < 1.29 is 31.1 Å². The van der Waals surface area contributed by atoms with Crippen LogP contribution >= 0.6 is 15.9 Å². The van der Waals surface area contributed by atoms with E-state index in [1.165, 1.54) is 0 Å². The van der Waals surface area contributed by atoms with Crippen molar-refractivity contribution in [3.05, 3.63) is 22.2 Å². The van der Waals surface area contributed by atoms with Gasteiger partial charge >= 0.3 is 12.5 Å². The molecule has 0 bridgehead atoms. The van der Waals surface area contributed by atoms with Gasteiger partial charge in [-0.1, -0.05) is 0 Å². The first-order valence-corrected chi connectivity index (χ1v) is 4.72. The molecule has 0 aromatic heterocycles. The highest BCUT2D eigenvalue weighted by molar-refractivity contribution is 9.10. The monoisotopic (exact) mass is 323 g/mol. The van der Waals surface area contributed by atoms with Crippen molar-refractivity contribution in [2.24, 2.45) is 0 Å². The van der Waals surface area contributed by atoms with Crippen molar-refractivity contribution >= 4 is 21.6 Å². The minimum absolute atomic E-state index is 0.459. The van der Waals surface area contributed by atoms with Crippen LogP contribution in [0.1, 0.15) is 5.56 Å². The van der Waals surface area contributed by atoms with Gasteiger partial charge in [0.05, 0.1) is 5.56 Å². The third-order valence-corrected chi connectivity index (χ3v) is 2.24. The number of nitrogens with two attached hydrogens (primary N) is 1. The predicted octanol–water partition coefficient (Wildman–Crippen LogP) is 3.95. The van der Waals surface area contributed by atoms with Crippen molar-refractivity contribution in [3.8, 4) is 5.75 Å². The quantitative estimate of drug-likeness (QED) is 0.627. The van der Waals surface area contributed by atoms with Crippen molar-refractivity contribution in [2.75, 3.05) is 5.73 Å². The van der Waals surface area contributed by atoms with Gasteiger partial charge in [0.2, 0.25) is 0 Å². The highest BCUT2D eigenvalue weighted by Crippen LogP contribution is 2.41. The first-order chi connectivity index (χ1) is 7.50. The number of anilines is 1. The molecule has 96 valence electrons. The van der Waals surface area contributed by atoms with Crippen LogP contribution in [0, 0.1) is 0 Å². The van der Waals surface area contributed by atoms with Crippen LogP contribution in [0.2, 0.25) is 0 Å². The zero-order chi connectivity index (χ0) is 13.4. The van der Waals surface area contributed by atoms with Crippen LogP contribution in [0.3, 0.4) is 0 Å². The van der Waals surface area contributed by atoms with Gasteiger partial charge in [-0.25, -0.2) is 0 Å². The molecule has 0 amide bonds. The van der Waals surface area contributed by atoms with E-state index in [2.05, 4.69) is 20.7 Å². The second-order valence-electron chi connectivity index (χ2n) is 2.91. The topological polar surface area (TPSA) is 35.2 Å². The summed E-state index contributed by atoms with van der Waals surface area (Å²) in [7, 11) is 0. The Morgan fingerprint density at radius 2 is 1.59 bits per heavy atom. The second kappa shape index (κ2) is 4.28. The Bertz CT molecular complexity index is 404. The predicted molar refractivity (Wildman–Crippen MR) is 50.2 cm³/mol. The Morgan fingerprint density at radius 3 is 1.94 bits per heavy atom. The molecule has 0 aliphatic rings. The van der Waals surface area contributed by atoms with E-state index in [4.69, 9.17) is 5.73 Å². The molecule has 2 N–H and O–H groups in total. The van der Waals surface area contributed by atoms with Crippen LogP contribution in [0.4, 0.5) is 32.0 Å². The van der Waals surface area contributed by atoms with Crippen LogP contribution in [0.25, 0.3) is 0 Å². The van der Waals surface area contributed by atoms with E-state index in [0.717, 1.165) is 0 Å². The van der Waals surface area contributed by atoms with Gasteiger partial charge in [0.1, 0.15) is 5.75 Å². The molecule has 1 aromatic rings. The Balaban J connectivity index is 3.19. The van der Waals surface area contributed by atoms with E-state index in [9.17, 15) is 26.3 Å². The molecule has 0 spiro atoms. The molecular formula is C8H4BrF6NO. The normalized spacial score (nSPS) is 12.6. The van der Waals surface area contributed by atoms with Gasteiger partial charge in [-0.15, -0.1) is 13.2 Å². The molecule has 17 heavy (non-hydrogen) atoms. The number of hydrogen-bond acceptors (Lipinski definition) is 2. The summed E-state index contributed by atoms with van der Waals surface area (Å²) in [6, 6.07) is 1.01. The van der Waals surface area contributed by atoms with Gasteiger partial charge in [-0.05, 0) is 22.0 Å². The maximum Gasteiger partial charge on any atom is 0.573 e. The van der Waals surface area contributed by atoms with Crippen molar-refractivity contribution in [1.29, 1.82) is 0 Å². The number of nitrogen functional groups attached to an aromatic ring is 1. The van der Waals surface area contributed by atoms with Gasteiger partial charge in [-0.3, -0.25) is 0 Å². The third kappa shape index (κ3) is 3.69. The minimum atomic E-state index is -4.99. The Labute approximate surface area is 99.5 Å². The highest BCUT2D eigenvalue weighted by atomic mass is 79.9. The van der Waals surface area contributed by atoms with Crippen LogP contribution < -0.4 is 10.5 Å². The lowest BCUT2D eigenvalue weighted by Gasteiger charge is -2.15. The van der Waals surface area contributed by atoms with Crippen molar-refractivity contribution in [2.45, 2.75) is 12.5 Å². The molecule has 0 atom stereocenters.